The van der Waals surface area contributed by atoms with Gasteiger partial charge in [0.25, 0.3) is 5.91 Å². The van der Waals surface area contributed by atoms with Crippen molar-refractivity contribution in [2.24, 2.45) is 0 Å². The standard InChI is InChI=1S/C26H26ClN3O3/c1-17-22(18(2)30(29-17)16-20-10-6-7-11-23(20)27)14-15-24(31)33-25(19-8-4-3-5-9-19)26(32)28-21-12-13-21/h3-11,14-15,21,25H,12-13,16H2,1-2H3,(H,28,32)/b15-14+. The summed E-state index contributed by atoms with van der Waals surface area (Å²) in [6, 6.07) is 16.9. The number of amides is 1. The number of rotatable bonds is 8. The van der Waals surface area contributed by atoms with E-state index in [-0.39, 0.29) is 11.9 Å². The summed E-state index contributed by atoms with van der Waals surface area (Å²) >= 11 is 6.29. The minimum absolute atomic E-state index is 0.173. The summed E-state index contributed by atoms with van der Waals surface area (Å²) in [7, 11) is 0. The highest BCUT2D eigenvalue weighted by Crippen LogP contribution is 2.24. The van der Waals surface area contributed by atoms with Gasteiger partial charge in [0.1, 0.15) is 0 Å². The van der Waals surface area contributed by atoms with Gasteiger partial charge in [-0.25, -0.2) is 4.79 Å². The summed E-state index contributed by atoms with van der Waals surface area (Å²) in [5.74, 6) is -0.891. The summed E-state index contributed by atoms with van der Waals surface area (Å²) in [6.07, 6.45) is 3.95. The van der Waals surface area contributed by atoms with Crippen LogP contribution in [0, 0.1) is 13.8 Å². The molecule has 0 aliphatic heterocycles. The Hall–Kier alpha value is -3.38. The van der Waals surface area contributed by atoms with Gasteiger partial charge in [-0.1, -0.05) is 60.1 Å². The molecule has 33 heavy (non-hydrogen) atoms. The minimum Gasteiger partial charge on any atom is -0.444 e. The molecule has 2 aromatic carbocycles. The van der Waals surface area contributed by atoms with Crippen LogP contribution in [0.3, 0.4) is 0 Å². The lowest BCUT2D eigenvalue weighted by Crippen LogP contribution is -2.33. The van der Waals surface area contributed by atoms with Crippen LogP contribution in [-0.4, -0.2) is 27.7 Å². The van der Waals surface area contributed by atoms with Crippen LogP contribution in [0.25, 0.3) is 6.08 Å². The van der Waals surface area contributed by atoms with E-state index in [0.717, 1.165) is 35.4 Å². The first-order chi connectivity index (χ1) is 15.9. The molecular weight excluding hydrogens is 438 g/mol. The SMILES string of the molecule is Cc1nn(Cc2ccccc2Cl)c(C)c1/C=C/C(=O)OC(C(=O)NC1CC1)c1ccccc1. The summed E-state index contributed by atoms with van der Waals surface area (Å²) in [5, 5.41) is 8.19. The minimum atomic E-state index is -0.992. The zero-order valence-corrected chi connectivity index (χ0v) is 19.4. The molecule has 0 saturated heterocycles. The third kappa shape index (κ3) is 5.71. The molecular formula is C26H26ClN3O3. The first-order valence-corrected chi connectivity index (χ1v) is 11.3. The predicted octanol–water partition coefficient (Wildman–Crippen LogP) is 4.78. The van der Waals surface area contributed by atoms with Crippen molar-refractivity contribution in [3.63, 3.8) is 0 Å². The van der Waals surface area contributed by atoms with Gasteiger partial charge in [0.05, 0.1) is 12.2 Å². The second-order valence-electron chi connectivity index (χ2n) is 8.18. The molecule has 7 heteroatoms. The maximum Gasteiger partial charge on any atom is 0.331 e. The normalized spacial score (nSPS) is 14.3. The van der Waals surface area contributed by atoms with E-state index in [1.54, 1.807) is 18.2 Å². The lowest BCUT2D eigenvalue weighted by molar-refractivity contribution is -0.151. The van der Waals surface area contributed by atoms with Gasteiger partial charge in [0.2, 0.25) is 6.10 Å². The molecule has 0 radical (unpaired) electrons. The number of hydrogen-bond donors (Lipinski definition) is 1. The van der Waals surface area contributed by atoms with Gasteiger partial charge in [0, 0.05) is 34.0 Å². The van der Waals surface area contributed by atoms with Crippen molar-refractivity contribution >= 4 is 29.6 Å². The molecule has 6 nitrogen and oxygen atoms in total. The van der Waals surface area contributed by atoms with Crippen LogP contribution in [0.5, 0.6) is 0 Å². The van der Waals surface area contributed by atoms with Crippen molar-refractivity contribution in [2.75, 3.05) is 0 Å². The fourth-order valence-corrected chi connectivity index (χ4v) is 3.80. The van der Waals surface area contributed by atoms with Crippen molar-refractivity contribution in [3.8, 4) is 0 Å². The number of esters is 1. The number of carbonyl (C=O) groups excluding carboxylic acids is 2. The Balaban J connectivity index is 1.48. The molecule has 3 aromatic rings. The highest BCUT2D eigenvalue weighted by atomic mass is 35.5. The molecule has 1 saturated carbocycles. The monoisotopic (exact) mass is 463 g/mol. The maximum absolute atomic E-state index is 12.7. The maximum atomic E-state index is 12.7. The number of carbonyl (C=O) groups is 2. The summed E-state index contributed by atoms with van der Waals surface area (Å²) in [5.41, 5.74) is 4.12. The third-order valence-electron chi connectivity index (χ3n) is 5.60. The van der Waals surface area contributed by atoms with E-state index in [1.165, 1.54) is 6.08 Å². The molecule has 1 fully saturated rings. The van der Waals surface area contributed by atoms with E-state index >= 15 is 0 Å². The smallest absolute Gasteiger partial charge is 0.331 e. The number of aromatic nitrogens is 2. The van der Waals surface area contributed by atoms with E-state index in [2.05, 4.69) is 10.4 Å². The Labute approximate surface area is 198 Å². The quantitative estimate of drug-likeness (QED) is 0.385. The Kier molecular flexibility index (Phi) is 6.94. The number of benzene rings is 2. The molecule has 0 bridgehead atoms. The second-order valence-corrected chi connectivity index (χ2v) is 8.58. The molecule has 4 rings (SSSR count). The predicted molar refractivity (Wildman–Crippen MR) is 128 cm³/mol. The number of aryl methyl sites for hydroxylation is 1. The van der Waals surface area contributed by atoms with Gasteiger partial charge in [-0.05, 0) is 44.4 Å². The van der Waals surface area contributed by atoms with E-state index in [4.69, 9.17) is 16.3 Å². The van der Waals surface area contributed by atoms with Gasteiger partial charge in [-0.15, -0.1) is 0 Å². The van der Waals surface area contributed by atoms with Crippen LogP contribution in [0.15, 0.2) is 60.7 Å². The van der Waals surface area contributed by atoms with Crippen LogP contribution in [0.1, 0.15) is 47.0 Å². The number of nitrogens with zero attached hydrogens (tertiary/aromatic N) is 2. The molecule has 1 N–H and O–H groups in total. The van der Waals surface area contributed by atoms with E-state index in [0.29, 0.717) is 17.1 Å². The first kappa shape index (κ1) is 22.8. The molecule has 1 aliphatic carbocycles. The number of hydrogen-bond acceptors (Lipinski definition) is 4. The molecule has 1 aliphatic rings. The highest BCUT2D eigenvalue weighted by molar-refractivity contribution is 6.31. The second kappa shape index (κ2) is 10.0. The lowest BCUT2D eigenvalue weighted by atomic mass is 10.1. The zero-order chi connectivity index (χ0) is 23.4. The van der Waals surface area contributed by atoms with Crippen LogP contribution >= 0.6 is 11.6 Å². The molecule has 1 heterocycles. The van der Waals surface area contributed by atoms with Crippen molar-refractivity contribution in [3.05, 3.63) is 93.8 Å². The van der Waals surface area contributed by atoms with E-state index in [9.17, 15) is 9.59 Å². The summed E-state index contributed by atoms with van der Waals surface area (Å²) in [4.78, 5) is 25.3. The van der Waals surface area contributed by atoms with Gasteiger partial charge >= 0.3 is 5.97 Å². The molecule has 1 amide bonds. The van der Waals surface area contributed by atoms with E-state index in [1.807, 2.05) is 61.0 Å². The first-order valence-electron chi connectivity index (χ1n) is 10.9. The highest BCUT2D eigenvalue weighted by Gasteiger charge is 2.30. The van der Waals surface area contributed by atoms with Gasteiger partial charge in [0.15, 0.2) is 0 Å². The zero-order valence-electron chi connectivity index (χ0n) is 18.6. The van der Waals surface area contributed by atoms with Crippen LogP contribution in [-0.2, 0) is 20.9 Å². The molecule has 1 atom stereocenters. The van der Waals surface area contributed by atoms with Crippen LogP contribution in [0.4, 0.5) is 0 Å². The number of halogens is 1. The number of nitrogens with one attached hydrogen (secondary N) is 1. The van der Waals surface area contributed by atoms with Gasteiger partial charge < -0.3 is 10.1 Å². The molecule has 1 unspecified atom stereocenters. The Morgan fingerprint density at radius 3 is 2.55 bits per heavy atom. The largest absolute Gasteiger partial charge is 0.444 e. The topological polar surface area (TPSA) is 73.2 Å². The van der Waals surface area contributed by atoms with Crippen LogP contribution in [0.2, 0.25) is 5.02 Å². The fourth-order valence-electron chi connectivity index (χ4n) is 3.61. The van der Waals surface area contributed by atoms with Gasteiger partial charge in [-0.2, -0.15) is 5.10 Å². The summed E-state index contributed by atoms with van der Waals surface area (Å²) < 4.78 is 7.42. The molecule has 170 valence electrons. The lowest BCUT2D eigenvalue weighted by Gasteiger charge is -2.17. The average Bonchev–Trinajstić information content (AvgIpc) is 3.58. The van der Waals surface area contributed by atoms with E-state index < -0.39 is 12.1 Å². The Bertz CT molecular complexity index is 1180. The van der Waals surface area contributed by atoms with Crippen molar-refractivity contribution in [1.82, 2.24) is 15.1 Å². The van der Waals surface area contributed by atoms with Crippen molar-refractivity contribution in [1.29, 1.82) is 0 Å². The average molecular weight is 464 g/mol. The van der Waals surface area contributed by atoms with Crippen molar-refractivity contribution in [2.45, 2.75) is 45.4 Å². The molecule has 1 aromatic heterocycles. The number of ether oxygens (including phenoxy) is 1. The van der Waals surface area contributed by atoms with Crippen molar-refractivity contribution < 1.29 is 14.3 Å². The Morgan fingerprint density at radius 2 is 1.85 bits per heavy atom. The third-order valence-corrected chi connectivity index (χ3v) is 5.97. The molecule has 0 spiro atoms. The fraction of sp³-hybridized carbons (Fsp3) is 0.269. The van der Waals surface area contributed by atoms with Gasteiger partial charge in [-0.3, -0.25) is 9.48 Å². The summed E-state index contributed by atoms with van der Waals surface area (Å²) in [6.45, 7) is 4.36. The Morgan fingerprint density at radius 1 is 1.15 bits per heavy atom. The van der Waals surface area contributed by atoms with Crippen LogP contribution < -0.4 is 5.32 Å².